The fourth-order valence-corrected chi connectivity index (χ4v) is 8.31. The Morgan fingerprint density at radius 2 is 0.807 bits per heavy atom. The fourth-order valence-electron chi connectivity index (χ4n) is 8.31. The Morgan fingerprint density at radius 1 is 0.298 bits per heavy atom. The van der Waals surface area contributed by atoms with Gasteiger partial charge in [0.15, 0.2) is 0 Å². The zero-order chi connectivity index (χ0) is 38.0. The normalized spacial score (nSPS) is 11.4. The van der Waals surface area contributed by atoms with E-state index in [4.69, 9.17) is 0 Å². The van der Waals surface area contributed by atoms with Crippen molar-refractivity contribution in [3.05, 3.63) is 236 Å². The Labute approximate surface area is 334 Å². The van der Waals surface area contributed by atoms with E-state index in [0.717, 1.165) is 22.6 Å². The molecule has 10 aromatic carbocycles. The average Bonchev–Trinajstić information content (AvgIpc) is 3.29. The lowest BCUT2D eigenvalue weighted by Gasteiger charge is -2.27. The Balaban J connectivity index is 1.07. The topological polar surface area (TPSA) is 3.24 Å². The standard InChI is InChI=1S/C56H39N/c1-3-15-41(16-4-1)48-21-9-7-19-43(48)32-29-40-30-35-46(36-31-40)57(56-28-14-26-52-49(25-13-27-54(52)56)42-17-5-2-6-18-42)47-37-33-44(34-38-47)55-39-45-20-8-10-22-50(45)51-23-11-12-24-53(51)55/h1-39H/b32-29+. The molecule has 57 heavy (non-hydrogen) atoms. The Hall–Kier alpha value is -7.48. The molecule has 1 nitrogen and oxygen atoms in total. The molecule has 0 spiro atoms. The number of hydrogen-bond acceptors (Lipinski definition) is 1. The molecule has 0 unspecified atom stereocenters. The lowest BCUT2D eigenvalue weighted by atomic mass is 9.93. The highest BCUT2D eigenvalue weighted by Crippen LogP contribution is 2.43. The molecule has 0 saturated carbocycles. The van der Waals surface area contributed by atoms with Crippen molar-refractivity contribution in [1.82, 2.24) is 0 Å². The molecule has 0 radical (unpaired) electrons. The average molecular weight is 726 g/mol. The van der Waals surface area contributed by atoms with Gasteiger partial charge in [-0.05, 0) is 108 Å². The maximum Gasteiger partial charge on any atom is 0.0540 e. The quantitative estimate of drug-likeness (QED) is 0.111. The molecule has 0 aliphatic carbocycles. The molecule has 0 heterocycles. The second kappa shape index (κ2) is 15.0. The lowest BCUT2D eigenvalue weighted by Crippen LogP contribution is -2.10. The van der Waals surface area contributed by atoms with Crippen LogP contribution in [-0.4, -0.2) is 0 Å². The predicted molar refractivity (Wildman–Crippen MR) is 245 cm³/mol. The minimum absolute atomic E-state index is 1.10. The van der Waals surface area contributed by atoms with Crippen molar-refractivity contribution in [3.8, 4) is 33.4 Å². The van der Waals surface area contributed by atoms with Crippen LogP contribution in [0.4, 0.5) is 17.1 Å². The number of fused-ring (bicyclic) bond motifs is 4. The van der Waals surface area contributed by atoms with Crippen LogP contribution < -0.4 is 4.90 Å². The van der Waals surface area contributed by atoms with Gasteiger partial charge in [-0.2, -0.15) is 0 Å². The van der Waals surface area contributed by atoms with E-state index in [-0.39, 0.29) is 0 Å². The number of hydrogen-bond donors (Lipinski definition) is 0. The van der Waals surface area contributed by atoms with Crippen molar-refractivity contribution in [1.29, 1.82) is 0 Å². The molecule has 0 aliphatic heterocycles. The summed E-state index contributed by atoms with van der Waals surface area (Å²) in [5.41, 5.74) is 13.0. The number of anilines is 3. The summed E-state index contributed by atoms with van der Waals surface area (Å²) in [5, 5.41) is 7.49. The smallest absolute Gasteiger partial charge is 0.0540 e. The monoisotopic (exact) mass is 725 g/mol. The van der Waals surface area contributed by atoms with Crippen molar-refractivity contribution >= 4 is 61.5 Å². The molecule has 0 fully saturated rings. The van der Waals surface area contributed by atoms with Crippen LogP contribution >= 0.6 is 0 Å². The van der Waals surface area contributed by atoms with Crippen LogP contribution in [-0.2, 0) is 0 Å². The van der Waals surface area contributed by atoms with Crippen molar-refractivity contribution in [2.45, 2.75) is 0 Å². The number of rotatable bonds is 8. The van der Waals surface area contributed by atoms with Crippen LogP contribution in [0.15, 0.2) is 224 Å². The highest BCUT2D eigenvalue weighted by atomic mass is 15.1. The van der Waals surface area contributed by atoms with E-state index in [9.17, 15) is 0 Å². The Kier molecular flexibility index (Phi) is 8.95. The summed E-state index contributed by atoms with van der Waals surface area (Å²) in [6, 6.07) is 81.0. The summed E-state index contributed by atoms with van der Waals surface area (Å²) in [6.07, 6.45) is 4.43. The van der Waals surface area contributed by atoms with Gasteiger partial charge in [0.05, 0.1) is 5.69 Å². The zero-order valence-corrected chi connectivity index (χ0v) is 31.5. The number of nitrogens with zero attached hydrogens (tertiary/aromatic N) is 1. The van der Waals surface area contributed by atoms with E-state index < -0.39 is 0 Å². The summed E-state index contributed by atoms with van der Waals surface area (Å²) in [6.45, 7) is 0. The SMILES string of the molecule is C(=C\c1ccccc1-c1ccccc1)/c1ccc(N(c2ccc(-c3cc4ccccc4c4ccccc34)cc2)c2cccc3c(-c4ccccc4)cccc23)cc1. The molecule has 10 rings (SSSR count). The van der Waals surface area contributed by atoms with Crippen molar-refractivity contribution < 1.29 is 0 Å². The van der Waals surface area contributed by atoms with Crippen LogP contribution in [0, 0.1) is 0 Å². The molecular formula is C56H39N. The molecule has 1 heteroatoms. The summed E-state index contributed by atoms with van der Waals surface area (Å²) in [7, 11) is 0. The molecule has 268 valence electrons. The third-order valence-electron chi connectivity index (χ3n) is 11.1. The van der Waals surface area contributed by atoms with E-state index in [1.165, 1.54) is 71.3 Å². The predicted octanol–water partition coefficient (Wildman–Crippen LogP) is 15.8. The molecule has 0 aromatic heterocycles. The van der Waals surface area contributed by atoms with E-state index >= 15 is 0 Å². The van der Waals surface area contributed by atoms with E-state index in [1.54, 1.807) is 0 Å². The molecule has 0 N–H and O–H groups in total. The van der Waals surface area contributed by atoms with Gasteiger partial charge in [0.25, 0.3) is 0 Å². The third-order valence-corrected chi connectivity index (χ3v) is 11.1. The second-order valence-corrected chi connectivity index (χ2v) is 14.5. The largest absolute Gasteiger partial charge is 0.310 e. The van der Waals surface area contributed by atoms with Crippen LogP contribution in [0.2, 0.25) is 0 Å². The molecule has 0 amide bonds. The first-order chi connectivity index (χ1) is 28.3. The van der Waals surface area contributed by atoms with Crippen molar-refractivity contribution in [2.24, 2.45) is 0 Å². The van der Waals surface area contributed by atoms with Gasteiger partial charge >= 0.3 is 0 Å². The van der Waals surface area contributed by atoms with Crippen LogP contribution in [0.3, 0.4) is 0 Å². The maximum atomic E-state index is 2.40. The minimum Gasteiger partial charge on any atom is -0.310 e. The van der Waals surface area contributed by atoms with Gasteiger partial charge in [-0.3, -0.25) is 0 Å². The van der Waals surface area contributed by atoms with E-state index in [1.807, 2.05) is 0 Å². The van der Waals surface area contributed by atoms with Crippen LogP contribution in [0.1, 0.15) is 11.1 Å². The highest BCUT2D eigenvalue weighted by Gasteiger charge is 2.18. The summed E-state index contributed by atoms with van der Waals surface area (Å²) in [5.74, 6) is 0. The molecule has 0 saturated heterocycles. The first-order valence-electron chi connectivity index (χ1n) is 19.6. The van der Waals surface area contributed by atoms with Crippen LogP contribution in [0.5, 0.6) is 0 Å². The Bertz CT molecular complexity index is 3030. The van der Waals surface area contributed by atoms with Gasteiger partial charge in [0.2, 0.25) is 0 Å². The summed E-state index contributed by atoms with van der Waals surface area (Å²) in [4.78, 5) is 2.40. The van der Waals surface area contributed by atoms with E-state index in [2.05, 4.69) is 242 Å². The summed E-state index contributed by atoms with van der Waals surface area (Å²) >= 11 is 0. The second-order valence-electron chi connectivity index (χ2n) is 14.5. The van der Waals surface area contributed by atoms with Gasteiger partial charge in [-0.1, -0.05) is 200 Å². The van der Waals surface area contributed by atoms with Crippen LogP contribution in [0.25, 0.3) is 77.9 Å². The van der Waals surface area contributed by atoms with Crippen molar-refractivity contribution in [2.75, 3.05) is 4.90 Å². The summed E-state index contributed by atoms with van der Waals surface area (Å²) < 4.78 is 0. The molecule has 10 aromatic rings. The van der Waals surface area contributed by atoms with E-state index in [0.29, 0.717) is 0 Å². The molecular weight excluding hydrogens is 687 g/mol. The Morgan fingerprint density at radius 3 is 1.56 bits per heavy atom. The maximum absolute atomic E-state index is 2.40. The highest BCUT2D eigenvalue weighted by molar-refractivity contribution is 6.14. The first-order valence-corrected chi connectivity index (χ1v) is 19.6. The third kappa shape index (κ3) is 6.56. The van der Waals surface area contributed by atoms with Crippen molar-refractivity contribution in [3.63, 3.8) is 0 Å². The minimum atomic E-state index is 1.10. The lowest BCUT2D eigenvalue weighted by molar-refractivity contribution is 1.30. The molecule has 0 atom stereocenters. The number of benzene rings is 10. The van der Waals surface area contributed by atoms with Gasteiger partial charge in [-0.15, -0.1) is 0 Å². The zero-order valence-electron chi connectivity index (χ0n) is 31.5. The van der Waals surface area contributed by atoms with Gasteiger partial charge < -0.3 is 4.90 Å². The fraction of sp³-hybridized carbons (Fsp3) is 0. The molecule has 0 aliphatic rings. The van der Waals surface area contributed by atoms with Gasteiger partial charge in [0, 0.05) is 16.8 Å². The first kappa shape index (κ1) is 34.0. The van der Waals surface area contributed by atoms with Gasteiger partial charge in [0.1, 0.15) is 0 Å². The van der Waals surface area contributed by atoms with Gasteiger partial charge in [-0.25, -0.2) is 0 Å². The molecule has 0 bridgehead atoms.